The number of carbonyl (C=O) groups is 1. The first-order chi connectivity index (χ1) is 6.63. The minimum Gasteiger partial charge on any atom is -0.394 e. The van der Waals surface area contributed by atoms with E-state index in [9.17, 15) is 4.79 Å². The fourth-order valence-electron chi connectivity index (χ4n) is 0.795. The number of rotatable bonds is 3. The molecule has 0 fully saturated rings. The summed E-state index contributed by atoms with van der Waals surface area (Å²) in [7, 11) is 0. The zero-order chi connectivity index (χ0) is 10.6. The molecular formula is C8H10ClN3O2. The second-order valence-electron chi connectivity index (χ2n) is 2.78. The van der Waals surface area contributed by atoms with Crippen molar-refractivity contribution >= 4 is 17.5 Å². The Morgan fingerprint density at radius 2 is 2.43 bits per heavy atom. The Labute approximate surface area is 86.1 Å². The van der Waals surface area contributed by atoms with Gasteiger partial charge in [0.1, 0.15) is 10.8 Å². The van der Waals surface area contributed by atoms with Crippen molar-refractivity contribution in [1.29, 1.82) is 0 Å². The van der Waals surface area contributed by atoms with Crippen LogP contribution in [-0.4, -0.2) is 33.6 Å². The van der Waals surface area contributed by atoms with Crippen molar-refractivity contribution in [3.8, 4) is 0 Å². The van der Waals surface area contributed by atoms with E-state index >= 15 is 0 Å². The molecule has 0 saturated heterocycles. The zero-order valence-corrected chi connectivity index (χ0v) is 8.32. The molecule has 6 heteroatoms. The van der Waals surface area contributed by atoms with Crippen LogP contribution in [0.3, 0.4) is 0 Å². The summed E-state index contributed by atoms with van der Waals surface area (Å²) in [6.45, 7) is 1.55. The Bertz CT molecular complexity index is 332. The molecule has 1 aromatic rings. The number of nitrogens with one attached hydrogen (secondary N) is 1. The lowest BCUT2D eigenvalue weighted by Gasteiger charge is -2.09. The second-order valence-corrected chi connectivity index (χ2v) is 3.17. The van der Waals surface area contributed by atoms with Crippen molar-refractivity contribution in [1.82, 2.24) is 15.3 Å². The maximum absolute atomic E-state index is 11.4. The van der Waals surface area contributed by atoms with Gasteiger partial charge in [0.25, 0.3) is 5.91 Å². The fraction of sp³-hybridized carbons (Fsp3) is 0.375. The highest BCUT2D eigenvalue weighted by atomic mass is 35.5. The number of aliphatic hydroxyl groups is 1. The van der Waals surface area contributed by atoms with Crippen molar-refractivity contribution in [3.63, 3.8) is 0 Å². The number of nitrogens with zero attached hydrogens (tertiary/aromatic N) is 2. The Balaban J connectivity index is 2.70. The lowest BCUT2D eigenvalue weighted by molar-refractivity contribution is 0.0917. The molecule has 1 heterocycles. The standard InChI is InChI=1S/C8H10ClN3O2/c1-5(4-13)11-8(14)6-2-10-3-7(9)12-6/h2-3,5,13H,4H2,1H3,(H,11,14)/t5-/m1/s1. The Kier molecular flexibility index (Phi) is 3.79. The van der Waals surface area contributed by atoms with Crippen LogP contribution in [0.1, 0.15) is 17.4 Å². The van der Waals surface area contributed by atoms with E-state index in [-0.39, 0.29) is 23.5 Å². The number of carbonyl (C=O) groups excluding carboxylic acids is 1. The molecule has 0 aliphatic heterocycles. The summed E-state index contributed by atoms with van der Waals surface area (Å²) >= 11 is 5.56. The van der Waals surface area contributed by atoms with Gasteiger partial charge in [0, 0.05) is 6.04 Å². The van der Waals surface area contributed by atoms with Crippen LogP contribution in [0.15, 0.2) is 12.4 Å². The maximum Gasteiger partial charge on any atom is 0.271 e. The third-order valence-electron chi connectivity index (χ3n) is 1.49. The molecule has 76 valence electrons. The SMILES string of the molecule is C[C@H](CO)NC(=O)c1cncc(Cl)n1. The highest BCUT2D eigenvalue weighted by molar-refractivity contribution is 6.29. The van der Waals surface area contributed by atoms with Gasteiger partial charge in [0.15, 0.2) is 0 Å². The molecule has 14 heavy (non-hydrogen) atoms. The molecule has 1 amide bonds. The van der Waals surface area contributed by atoms with Crippen molar-refractivity contribution in [2.75, 3.05) is 6.61 Å². The number of aromatic nitrogens is 2. The normalized spacial score (nSPS) is 12.2. The number of amides is 1. The van der Waals surface area contributed by atoms with Gasteiger partial charge < -0.3 is 10.4 Å². The van der Waals surface area contributed by atoms with Gasteiger partial charge in [-0.05, 0) is 6.92 Å². The summed E-state index contributed by atoms with van der Waals surface area (Å²) in [5.74, 6) is -0.401. The van der Waals surface area contributed by atoms with Gasteiger partial charge in [-0.3, -0.25) is 9.78 Å². The van der Waals surface area contributed by atoms with Crippen LogP contribution >= 0.6 is 11.6 Å². The summed E-state index contributed by atoms with van der Waals surface area (Å²) in [5, 5.41) is 11.4. The van der Waals surface area contributed by atoms with Gasteiger partial charge in [-0.25, -0.2) is 4.98 Å². The van der Waals surface area contributed by atoms with E-state index < -0.39 is 5.91 Å². The van der Waals surface area contributed by atoms with Gasteiger partial charge in [-0.15, -0.1) is 0 Å². The molecule has 0 bridgehead atoms. The molecule has 0 spiro atoms. The first-order valence-corrected chi connectivity index (χ1v) is 4.40. The van der Waals surface area contributed by atoms with E-state index in [1.165, 1.54) is 12.4 Å². The Hall–Kier alpha value is -1.20. The predicted octanol–water partition coefficient (Wildman–Crippen LogP) is 0.241. The average molecular weight is 216 g/mol. The van der Waals surface area contributed by atoms with Crippen molar-refractivity contribution in [3.05, 3.63) is 23.2 Å². The molecule has 1 atom stereocenters. The van der Waals surface area contributed by atoms with Crippen LogP contribution in [0.4, 0.5) is 0 Å². The summed E-state index contributed by atoms with van der Waals surface area (Å²) in [4.78, 5) is 18.9. The molecule has 0 unspecified atom stereocenters. The van der Waals surface area contributed by atoms with E-state index in [1.807, 2.05) is 0 Å². The highest BCUT2D eigenvalue weighted by Crippen LogP contribution is 2.02. The zero-order valence-electron chi connectivity index (χ0n) is 7.57. The first kappa shape index (κ1) is 10.9. The first-order valence-electron chi connectivity index (χ1n) is 4.02. The minimum absolute atomic E-state index is 0.125. The van der Waals surface area contributed by atoms with Crippen LogP contribution in [0.25, 0.3) is 0 Å². The van der Waals surface area contributed by atoms with Crippen LogP contribution in [0, 0.1) is 0 Å². The number of halogens is 1. The highest BCUT2D eigenvalue weighted by Gasteiger charge is 2.10. The lowest BCUT2D eigenvalue weighted by Crippen LogP contribution is -2.35. The molecule has 0 aromatic carbocycles. The van der Waals surface area contributed by atoms with Gasteiger partial charge in [0.05, 0.1) is 19.0 Å². The molecule has 0 aliphatic carbocycles. The van der Waals surface area contributed by atoms with Gasteiger partial charge in [-0.1, -0.05) is 11.6 Å². The second kappa shape index (κ2) is 4.88. The average Bonchev–Trinajstić information content (AvgIpc) is 2.17. The van der Waals surface area contributed by atoms with Crippen LogP contribution in [-0.2, 0) is 0 Å². The summed E-state index contributed by atoms with van der Waals surface area (Å²) < 4.78 is 0. The van der Waals surface area contributed by atoms with E-state index in [0.29, 0.717) is 0 Å². The largest absolute Gasteiger partial charge is 0.394 e. The van der Waals surface area contributed by atoms with Gasteiger partial charge in [-0.2, -0.15) is 0 Å². The fourth-order valence-corrected chi connectivity index (χ4v) is 0.942. The van der Waals surface area contributed by atoms with Crippen molar-refractivity contribution in [2.45, 2.75) is 13.0 Å². The molecular weight excluding hydrogens is 206 g/mol. The van der Waals surface area contributed by atoms with Gasteiger partial charge >= 0.3 is 0 Å². The Morgan fingerprint density at radius 1 is 1.71 bits per heavy atom. The third kappa shape index (κ3) is 2.93. The molecule has 5 nitrogen and oxygen atoms in total. The van der Waals surface area contributed by atoms with Crippen molar-refractivity contribution in [2.24, 2.45) is 0 Å². The summed E-state index contributed by atoms with van der Waals surface area (Å²) in [6, 6.07) is -0.316. The quantitative estimate of drug-likeness (QED) is 0.758. The minimum atomic E-state index is -0.401. The third-order valence-corrected chi connectivity index (χ3v) is 1.67. The summed E-state index contributed by atoms with van der Waals surface area (Å²) in [5.41, 5.74) is 0.137. The predicted molar refractivity (Wildman–Crippen MR) is 51.1 cm³/mol. The van der Waals surface area contributed by atoms with E-state index in [4.69, 9.17) is 16.7 Å². The van der Waals surface area contributed by atoms with E-state index in [1.54, 1.807) is 6.92 Å². The number of hydrogen-bond donors (Lipinski definition) is 2. The van der Waals surface area contributed by atoms with Crippen LogP contribution in [0.2, 0.25) is 5.15 Å². The van der Waals surface area contributed by atoms with E-state index in [2.05, 4.69) is 15.3 Å². The monoisotopic (exact) mass is 215 g/mol. The summed E-state index contributed by atoms with van der Waals surface area (Å²) in [6.07, 6.45) is 2.65. The lowest BCUT2D eigenvalue weighted by atomic mass is 10.3. The smallest absolute Gasteiger partial charge is 0.271 e. The van der Waals surface area contributed by atoms with Crippen molar-refractivity contribution < 1.29 is 9.90 Å². The molecule has 0 aliphatic rings. The maximum atomic E-state index is 11.4. The topological polar surface area (TPSA) is 75.1 Å². The molecule has 0 saturated carbocycles. The number of aliphatic hydroxyl groups excluding tert-OH is 1. The van der Waals surface area contributed by atoms with Gasteiger partial charge in [0.2, 0.25) is 0 Å². The van der Waals surface area contributed by atoms with E-state index in [0.717, 1.165) is 0 Å². The number of hydrogen-bond acceptors (Lipinski definition) is 4. The molecule has 2 N–H and O–H groups in total. The molecule has 1 aromatic heterocycles. The van der Waals surface area contributed by atoms with Crippen LogP contribution in [0.5, 0.6) is 0 Å². The van der Waals surface area contributed by atoms with Crippen LogP contribution < -0.4 is 5.32 Å². The molecule has 0 radical (unpaired) electrons. The molecule has 1 rings (SSSR count). The Morgan fingerprint density at radius 3 is 3.00 bits per heavy atom.